The van der Waals surface area contributed by atoms with E-state index < -0.39 is 0 Å². The van der Waals surface area contributed by atoms with Gasteiger partial charge in [-0.2, -0.15) is 5.26 Å². The number of hydrogen-bond acceptors (Lipinski definition) is 2. The first kappa shape index (κ1) is 8.70. The third kappa shape index (κ3) is 1.35. The van der Waals surface area contributed by atoms with Crippen LogP contribution in [-0.4, -0.2) is 5.78 Å². The van der Waals surface area contributed by atoms with Gasteiger partial charge in [0.25, 0.3) is 0 Å². The van der Waals surface area contributed by atoms with E-state index in [-0.39, 0.29) is 5.78 Å². The third-order valence-electron chi connectivity index (χ3n) is 2.24. The van der Waals surface area contributed by atoms with Crippen molar-refractivity contribution in [1.29, 1.82) is 5.26 Å². The maximum atomic E-state index is 11.3. The summed E-state index contributed by atoms with van der Waals surface area (Å²) in [6.45, 7) is 0. The number of Topliss-reactive ketones (excluding diaryl/α,β-unsaturated/α-hetero) is 1. The minimum atomic E-state index is 0.206. The molecule has 13 heavy (non-hydrogen) atoms. The van der Waals surface area contributed by atoms with Gasteiger partial charge >= 0.3 is 0 Å². The molecule has 1 aliphatic rings. The van der Waals surface area contributed by atoms with Crippen LogP contribution in [0.4, 0.5) is 0 Å². The van der Waals surface area contributed by atoms with Gasteiger partial charge in [-0.25, -0.2) is 0 Å². The van der Waals surface area contributed by atoms with Gasteiger partial charge in [-0.1, -0.05) is 0 Å². The number of aryl methyl sites for hydroxylation is 1. The Labute approximate surface area is 89.7 Å². The number of fused-ring (bicyclic) bond motifs is 1. The zero-order valence-electron chi connectivity index (χ0n) is 6.80. The molecule has 0 radical (unpaired) electrons. The van der Waals surface area contributed by atoms with Gasteiger partial charge in [0.2, 0.25) is 0 Å². The van der Waals surface area contributed by atoms with Crippen molar-refractivity contribution < 1.29 is 4.79 Å². The van der Waals surface area contributed by atoms with Crippen molar-refractivity contribution in [2.24, 2.45) is 0 Å². The van der Waals surface area contributed by atoms with Gasteiger partial charge in [0.05, 0.1) is 5.56 Å². The summed E-state index contributed by atoms with van der Waals surface area (Å²) in [5.41, 5.74) is 2.51. The van der Waals surface area contributed by atoms with E-state index in [1.807, 2.05) is 12.1 Å². The highest BCUT2D eigenvalue weighted by molar-refractivity contribution is 14.1. The van der Waals surface area contributed by atoms with Gasteiger partial charge in [-0.3, -0.25) is 4.79 Å². The number of carbonyl (C=O) groups excluding carboxylic acids is 1. The van der Waals surface area contributed by atoms with Crippen molar-refractivity contribution in [2.45, 2.75) is 12.8 Å². The number of rotatable bonds is 0. The number of halogens is 1. The molecule has 0 saturated carbocycles. The zero-order valence-corrected chi connectivity index (χ0v) is 8.96. The van der Waals surface area contributed by atoms with Crippen LogP contribution in [0.2, 0.25) is 0 Å². The molecule has 0 saturated heterocycles. The van der Waals surface area contributed by atoms with Crippen molar-refractivity contribution in [2.75, 3.05) is 0 Å². The highest BCUT2D eigenvalue weighted by atomic mass is 127. The highest BCUT2D eigenvalue weighted by Gasteiger charge is 2.20. The first-order valence-corrected chi connectivity index (χ1v) is 5.06. The summed E-state index contributed by atoms with van der Waals surface area (Å²) in [5, 5.41) is 8.78. The first-order valence-electron chi connectivity index (χ1n) is 3.98. The number of benzene rings is 1. The predicted octanol–water partition coefficient (Wildman–Crippen LogP) is 2.29. The SMILES string of the molecule is N#Cc1cc2c(cc1I)C(=O)CC2. The Morgan fingerprint density at radius 3 is 2.85 bits per heavy atom. The van der Waals surface area contributed by atoms with Gasteiger partial charge in [-0.15, -0.1) is 0 Å². The lowest BCUT2D eigenvalue weighted by Crippen LogP contribution is -1.93. The quantitative estimate of drug-likeness (QED) is 0.685. The molecule has 2 nitrogen and oxygen atoms in total. The molecule has 0 aromatic heterocycles. The Morgan fingerprint density at radius 2 is 2.15 bits per heavy atom. The molecule has 0 aliphatic heterocycles. The number of hydrogen-bond donors (Lipinski definition) is 0. The van der Waals surface area contributed by atoms with E-state index in [9.17, 15) is 4.79 Å². The van der Waals surface area contributed by atoms with Crippen LogP contribution in [0.1, 0.15) is 27.9 Å². The molecule has 2 rings (SSSR count). The van der Waals surface area contributed by atoms with Crippen LogP contribution in [0.25, 0.3) is 0 Å². The van der Waals surface area contributed by atoms with Crippen molar-refractivity contribution in [1.82, 2.24) is 0 Å². The molecule has 3 heteroatoms. The van der Waals surface area contributed by atoms with Crippen molar-refractivity contribution in [3.8, 4) is 6.07 Å². The minimum Gasteiger partial charge on any atom is -0.294 e. The van der Waals surface area contributed by atoms with Gasteiger partial charge in [-0.05, 0) is 46.7 Å². The van der Waals surface area contributed by atoms with E-state index in [0.29, 0.717) is 12.0 Å². The van der Waals surface area contributed by atoms with Crippen LogP contribution in [0, 0.1) is 14.9 Å². The summed E-state index contributed by atoms with van der Waals surface area (Å²) >= 11 is 2.09. The molecular weight excluding hydrogens is 277 g/mol. The Kier molecular flexibility index (Phi) is 2.08. The standard InChI is InChI=1S/C10H6INO/c11-9-4-8-6(1-2-10(8)13)3-7(9)5-12/h3-4H,1-2H2. The van der Waals surface area contributed by atoms with Crippen LogP contribution in [-0.2, 0) is 6.42 Å². The Morgan fingerprint density at radius 1 is 1.38 bits per heavy atom. The molecule has 0 spiro atoms. The van der Waals surface area contributed by atoms with Gasteiger partial charge in [0, 0.05) is 15.6 Å². The van der Waals surface area contributed by atoms with Gasteiger partial charge in [0.15, 0.2) is 5.78 Å². The molecule has 0 heterocycles. The van der Waals surface area contributed by atoms with Crippen LogP contribution in [0.15, 0.2) is 12.1 Å². The summed E-state index contributed by atoms with van der Waals surface area (Å²) in [6.07, 6.45) is 1.39. The van der Waals surface area contributed by atoms with E-state index in [1.165, 1.54) is 0 Å². The summed E-state index contributed by atoms with van der Waals surface area (Å²) in [7, 11) is 0. The monoisotopic (exact) mass is 283 g/mol. The first-order chi connectivity index (χ1) is 6.22. The number of nitriles is 1. The number of ketones is 1. The molecule has 0 atom stereocenters. The lowest BCUT2D eigenvalue weighted by atomic mass is 10.1. The van der Waals surface area contributed by atoms with Crippen LogP contribution in [0.5, 0.6) is 0 Å². The summed E-state index contributed by atoms with van der Waals surface area (Å²) in [4.78, 5) is 11.3. The van der Waals surface area contributed by atoms with E-state index in [1.54, 1.807) is 0 Å². The Balaban J connectivity index is 2.65. The maximum Gasteiger partial charge on any atom is 0.163 e. The number of carbonyl (C=O) groups is 1. The second-order valence-corrected chi connectivity index (χ2v) is 4.19. The maximum absolute atomic E-state index is 11.3. The third-order valence-corrected chi connectivity index (χ3v) is 3.13. The van der Waals surface area contributed by atoms with Crippen LogP contribution >= 0.6 is 22.6 Å². The summed E-state index contributed by atoms with van der Waals surface area (Å²) in [5.74, 6) is 0.206. The van der Waals surface area contributed by atoms with Crippen molar-refractivity contribution in [3.05, 3.63) is 32.4 Å². The fraction of sp³-hybridized carbons (Fsp3) is 0.200. The predicted molar refractivity (Wildman–Crippen MR) is 56.5 cm³/mol. The molecule has 0 fully saturated rings. The van der Waals surface area contributed by atoms with Crippen molar-refractivity contribution in [3.63, 3.8) is 0 Å². The zero-order chi connectivity index (χ0) is 9.42. The molecule has 1 aliphatic carbocycles. The lowest BCUT2D eigenvalue weighted by Gasteiger charge is -2.00. The molecule has 1 aromatic carbocycles. The van der Waals surface area contributed by atoms with Gasteiger partial charge < -0.3 is 0 Å². The normalized spacial score (nSPS) is 14.0. The average molecular weight is 283 g/mol. The molecule has 0 bridgehead atoms. The highest BCUT2D eigenvalue weighted by Crippen LogP contribution is 2.26. The smallest absolute Gasteiger partial charge is 0.163 e. The second-order valence-electron chi connectivity index (χ2n) is 3.02. The summed E-state index contributed by atoms with van der Waals surface area (Å²) in [6, 6.07) is 5.78. The van der Waals surface area contributed by atoms with Gasteiger partial charge in [0.1, 0.15) is 6.07 Å². The minimum absolute atomic E-state index is 0.206. The van der Waals surface area contributed by atoms with E-state index in [4.69, 9.17) is 5.26 Å². The van der Waals surface area contributed by atoms with E-state index in [2.05, 4.69) is 28.7 Å². The second kappa shape index (κ2) is 3.11. The fourth-order valence-electron chi connectivity index (χ4n) is 1.55. The topological polar surface area (TPSA) is 40.9 Å². The van der Waals surface area contributed by atoms with Crippen molar-refractivity contribution >= 4 is 28.4 Å². The molecule has 0 amide bonds. The van der Waals surface area contributed by atoms with E-state index >= 15 is 0 Å². The fourth-order valence-corrected chi connectivity index (χ4v) is 2.14. The van der Waals surface area contributed by atoms with E-state index in [0.717, 1.165) is 21.1 Å². The lowest BCUT2D eigenvalue weighted by molar-refractivity contribution is 0.0994. The Hall–Kier alpha value is -0.890. The molecular formula is C10H6INO. The Bertz CT molecular complexity index is 431. The average Bonchev–Trinajstić information content (AvgIpc) is 2.47. The number of nitrogens with zero attached hydrogens (tertiary/aromatic N) is 1. The van der Waals surface area contributed by atoms with Crippen LogP contribution < -0.4 is 0 Å². The largest absolute Gasteiger partial charge is 0.294 e. The molecule has 0 unspecified atom stereocenters. The van der Waals surface area contributed by atoms with Crippen LogP contribution in [0.3, 0.4) is 0 Å². The molecule has 1 aromatic rings. The molecule has 0 N–H and O–H groups in total. The summed E-state index contributed by atoms with van der Waals surface area (Å²) < 4.78 is 0.870. The molecule has 64 valence electrons.